The Balaban J connectivity index is 2.13. The monoisotopic (exact) mass is 300 g/mol. The van der Waals surface area contributed by atoms with Crippen LogP contribution in [-0.4, -0.2) is 0 Å². The van der Waals surface area contributed by atoms with Crippen LogP contribution < -0.4 is 0 Å². The number of hydrogen-bond acceptors (Lipinski definition) is 0. The van der Waals surface area contributed by atoms with Crippen LogP contribution in [0.5, 0.6) is 0 Å². The van der Waals surface area contributed by atoms with Gasteiger partial charge in [-0.15, -0.1) is 0 Å². The minimum atomic E-state index is 0.00403. The van der Waals surface area contributed by atoms with Crippen LogP contribution in [0.1, 0.15) is 43.0 Å². The quantitative estimate of drug-likeness (QED) is 0.608. The Morgan fingerprint density at radius 1 is 1.00 bits per heavy atom. The summed E-state index contributed by atoms with van der Waals surface area (Å²) in [6.45, 7) is 13.2. The minimum Gasteiger partial charge on any atom is -0.0911 e. The average Bonchev–Trinajstić information content (AvgIpc) is 2.75. The highest BCUT2D eigenvalue weighted by Crippen LogP contribution is 2.50. The first-order chi connectivity index (χ1) is 11.0. The van der Waals surface area contributed by atoms with Crippen molar-refractivity contribution < 1.29 is 0 Å². The summed E-state index contributed by atoms with van der Waals surface area (Å²) in [5.74, 6) is 0. The van der Waals surface area contributed by atoms with Crippen molar-refractivity contribution in [1.29, 1.82) is 0 Å². The Labute approximate surface area is 139 Å². The molecule has 2 aromatic rings. The molecule has 1 aliphatic rings. The molecule has 2 aromatic carbocycles. The van der Waals surface area contributed by atoms with Crippen LogP contribution in [0.15, 0.2) is 72.8 Å². The zero-order valence-electron chi connectivity index (χ0n) is 14.5. The smallest absolute Gasteiger partial charge is 0.0158 e. The molecule has 3 rings (SSSR count). The molecule has 0 aromatic heterocycles. The molecule has 0 saturated carbocycles. The van der Waals surface area contributed by atoms with Gasteiger partial charge in [-0.2, -0.15) is 0 Å². The molecule has 0 heterocycles. The molecule has 0 fully saturated rings. The van der Waals surface area contributed by atoms with Crippen LogP contribution in [0.25, 0.3) is 11.1 Å². The molecule has 0 nitrogen and oxygen atoms in total. The van der Waals surface area contributed by atoms with Crippen LogP contribution in [0.3, 0.4) is 0 Å². The van der Waals surface area contributed by atoms with Gasteiger partial charge in [-0.1, -0.05) is 81.1 Å². The molecule has 0 saturated heterocycles. The van der Waals surface area contributed by atoms with E-state index in [9.17, 15) is 0 Å². The second kappa shape index (κ2) is 5.70. The zero-order valence-corrected chi connectivity index (χ0v) is 14.5. The number of fused-ring (bicyclic) bond motifs is 1. The molecule has 0 N–H and O–H groups in total. The summed E-state index contributed by atoms with van der Waals surface area (Å²) in [6, 6.07) is 17.2. The SMILES string of the molecule is C=C(/C=C1\C(=C/C)c2ccccc2C1(C)C)c1ccccc1C. The van der Waals surface area contributed by atoms with Crippen LogP contribution in [0.2, 0.25) is 0 Å². The van der Waals surface area contributed by atoms with Crippen molar-refractivity contribution in [2.75, 3.05) is 0 Å². The van der Waals surface area contributed by atoms with Gasteiger partial charge in [-0.05, 0) is 52.8 Å². The standard InChI is InChI=1S/C23H24/c1-6-18-20-13-9-10-14-21(20)23(4,5)22(18)15-17(3)19-12-8-7-11-16(19)2/h6-15H,3H2,1-2,4-5H3/b18-6-,22-15+. The Morgan fingerprint density at radius 3 is 2.35 bits per heavy atom. The first-order valence-corrected chi connectivity index (χ1v) is 8.20. The molecule has 0 amide bonds. The molecule has 0 radical (unpaired) electrons. The summed E-state index contributed by atoms with van der Waals surface area (Å²) in [4.78, 5) is 0. The van der Waals surface area contributed by atoms with E-state index in [1.807, 2.05) is 0 Å². The van der Waals surface area contributed by atoms with Crippen molar-refractivity contribution in [1.82, 2.24) is 0 Å². The van der Waals surface area contributed by atoms with Gasteiger partial charge in [-0.25, -0.2) is 0 Å². The molecule has 23 heavy (non-hydrogen) atoms. The predicted octanol–water partition coefficient (Wildman–Crippen LogP) is 6.33. The fraction of sp³-hybridized carbons (Fsp3) is 0.217. The van der Waals surface area contributed by atoms with Crippen molar-refractivity contribution >= 4 is 11.1 Å². The van der Waals surface area contributed by atoms with Crippen LogP contribution in [0, 0.1) is 6.92 Å². The normalized spacial score (nSPS) is 19.1. The maximum absolute atomic E-state index is 4.34. The van der Waals surface area contributed by atoms with Crippen LogP contribution >= 0.6 is 0 Å². The lowest BCUT2D eigenvalue weighted by atomic mass is 9.81. The summed E-state index contributed by atoms with van der Waals surface area (Å²) in [7, 11) is 0. The number of hydrogen-bond donors (Lipinski definition) is 0. The van der Waals surface area contributed by atoms with E-state index in [1.165, 1.54) is 33.4 Å². The number of allylic oxidation sites excluding steroid dienone is 5. The highest BCUT2D eigenvalue weighted by atomic mass is 14.4. The van der Waals surface area contributed by atoms with E-state index in [0.717, 1.165) is 5.57 Å². The fourth-order valence-corrected chi connectivity index (χ4v) is 3.64. The first-order valence-electron chi connectivity index (χ1n) is 8.20. The van der Waals surface area contributed by atoms with Crippen molar-refractivity contribution in [3.63, 3.8) is 0 Å². The molecule has 0 bridgehead atoms. The van der Waals surface area contributed by atoms with E-state index in [0.29, 0.717) is 0 Å². The largest absolute Gasteiger partial charge is 0.0911 e. The van der Waals surface area contributed by atoms with Crippen molar-refractivity contribution in [2.45, 2.75) is 33.1 Å². The van der Waals surface area contributed by atoms with E-state index in [4.69, 9.17) is 0 Å². The molecule has 0 spiro atoms. The predicted molar refractivity (Wildman–Crippen MR) is 101 cm³/mol. The Bertz CT molecular complexity index is 829. The lowest BCUT2D eigenvalue weighted by Gasteiger charge is -2.22. The van der Waals surface area contributed by atoms with Crippen molar-refractivity contribution in [2.24, 2.45) is 0 Å². The second-order valence-electron chi connectivity index (χ2n) is 6.77. The van der Waals surface area contributed by atoms with Gasteiger partial charge in [0.1, 0.15) is 0 Å². The average molecular weight is 300 g/mol. The Morgan fingerprint density at radius 2 is 1.65 bits per heavy atom. The molecule has 0 atom stereocenters. The highest BCUT2D eigenvalue weighted by Gasteiger charge is 2.37. The molecule has 0 aliphatic heterocycles. The summed E-state index contributed by atoms with van der Waals surface area (Å²) in [5, 5.41) is 0. The molecule has 1 aliphatic carbocycles. The van der Waals surface area contributed by atoms with Gasteiger partial charge in [0.15, 0.2) is 0 Å². The number of aryl methyl sites for hydroxylation is 1. The van der Waals surface area contributed by atoms with E-state index in [-0.39, 0.29) is 5.41 Å². The fourth-order valence-electron chi connectivity index (χ4n) is 3.64. The van der Waals surface area contributed by atoms with E-state index in [1.54, 1.807) is 0 Å². The second-order valence-corrected chi connectivity index (χ2v) is 6.77. The lowest BCUT2D eigenvalue weighted by molar-refractivity contribution is 0.661. The van der Waals surface area contributed by atoms with Gasteiger partial charge in [-0.3, -0.25) is 0 Å². The maximum Gasteiger partial charge on any atom is 0.0158 e. The zero-order chi connectivity index (χ0) is 16.6. The van der Waals surface area contributed by atoms with Crippen molar-refractivity contribution in [3.8, 4) is 0 Å². The molecular formula is C23H24. The van der Waals surface area contributed by atoms with Crippen LogP contribution in [0.4, 0.5) is 0 Å². The van der Waals surface area contributed by atoms with E-state index >= 15 is 0 Å². The van der Waals surface area contributed by atoms with E-state index in [2.05, 4.69) is 95.0 Å². The van der Waals surface area contributed by atoms with Crippen molar-refractivity contribution in [3.05, 3.63) is 95.1 Å². The maximum atomic E-state index is 4.34. The third-order valence-corrected chi connectivity index (χ3v) is 4.95. The van der Waals surface area contributed by atoms with Gasteiger partial charge in [0.05, 0.1) is 0 Å². The minimum absolute atomic E-state index is 0.00403. The molecule has 0 unspecified atom stereocenters. The van der Waals surface area contributed by atoms with Gasteiger partial charge in [0.25, 0.3) is 0 Å². The summed E-state index contributed by atoms with van der Waals surface area (Å²) < 4.78 is 0. The summed E-state index contributed by atoms with van der Waals surface area (Å²) in [5.41, 5.74) is 9.02. The lowest BCUT2D eigenvalue weighted by Crippen LogP contribution is -2.15. The number of rotatable bonds is 2. The van der Waals surface area contributed by atoms with Gasteiger partial charge in [0.2, 0.25) is 0 Å². The summed E-state index contributed by atoms with van der Waals surface area (Å²) >= 11 is 0. The Kier molecular flexibility index (Phi) is 3.85. The van der Waals surface area contributed by atoms with Gasteiger partial charge < -0.3 is 0 Å². The third-order valence-electron chi connectivity index (χ3n) is 4.95. The first kappa shape index (κ1) is 15.6. The third kappa shape index (κ3) is 2.49. The van der Waals surface area contributed by atoms with Gasteiger partial charge >= 0.3 is 0 Å². The van der Waals surface area contributed by atoms with Crippen LogP contribution in [-0.2, 0) is 5.41 Å². The van der Waals surface area contributed by atoms with Gasteiger partial charge in [0, 0.05) is 5.41 Å². The Hall–Kier alpha value is -2.34. The number of benzene rings is 2. The molecular weight excluding hydrogens is 276 g/mol. The van der Waals surface area contributed by atoms with E-state index < -0.39 is 0 Å². The highest BCUT2D eigenvalue weighted by molar-refractivity contribution is 5.92. The summed E-state index contributed by atoms with van der Waals surface area (Å²) in [6.07, 6.45) is 4.50. The molecule has 0 heteroatoms. The topological polar surface area (TPSA) is 0 Å². The molecule has 116 valence electrons.